The quantitative estimate of drug-likeness (QED) is 0.612. The number of aliphatic carboxylic acids is 1. The first-order chi connectivity index (χ1) is 10.1. The van der Waals surface area contributed by atoms with Gasteiger partial charge in [-0.1, -0.05) is 58.8 Å². The summed E-state index contributed by atoms with van der Waals surface area (Å²) in [6, 6.07) is 0. The molecule has 1 heterocycles. The summed E-state index contributed by atoms with van der Waals surface area (Å²) >= 11 is 0. The first-order valence-corrected chi connectivity index (χ1v) is 9.02. The summed E-state index contributed by atoms with van der Waals surface area (Å²) in [4.78, 5) is 11.7. The smallest absolute Gasteiger partial charge is 0.300 e. The van der Waals surface area contributed by atoms with E-state index in [1.807, 2.05) is 0 Å². The average Bonchev–Trinajstić information content (AvgIpc) is 2.46. The van der Waals surface area contributed by atoms with Crippen LogP contribution in [0.2, 0.25) is 0 Å². The van der Waals surface area contributed by atoms with Crippen LogP contribution < -0.4 is 0 Å². The summed E-state index contributed by atoms with van der Waals surface area (Å²) in [5.74, 6) is 0.195. The van der Waals surface area contributed by atoms with Crippen molar-refractivity contribution >= 4 is 5.97 Å². The molecule has 0 amide bonds. The molecule has 0 aromatic heterocycles. The molecule has 126 valence electrons. The van der Waals surface area contributed by atoms with Crippen LogP contribution >= 0.6 is 0 Å². The number of hydrogen-bond acceptors (Lipinski definition) is 2. The lowest BCUT2D eigenvalue weighted by molar-refractivity contribution is -0.134. The minimum atomic E-state index is -0.833. The molecule has 0 spiro atoms. The lowest BCUT2D eigenvalue weighted by atomic mass is 9.94. The Kier molecular flexibility index (Phi) is 14.0. The molecular weight excluding hydrogens is 262 g/mol. The van der Waals surface area contributed by atoms with Crippen molar-refractivity contribution < 1.29 is 9.90 Å². The van der Waals surface area contributed by atoms with E-state index in [2.05, 4.69) is 18.7 Å². The van der Waals surface area contributed by atoms with Gasteiger partial charge in [0.1, 0.15) is 0 Å². The van der Waals surface area contributed by atoms with Gasteiger partial charge in [-0.05, 0) is 44.8 Å². The Hall–Kier alpha value is -0.570. The molecule has 0 saturated carbocycles. The molecule has 1 rings (SSSR count). The number of likely N-dealkylation sites (tertiary alicyclic amines) is 1. The molecule has 1 N–H and O–H groups in total. The maximum atomic E-state index is 9.00. The standard InChI is InChI=1S/C16H33N.C2H4O2/c1-3-5-6-7-8-9-10-13-17-14-11-16(4-2)12-15-17;1-2(3)4/h16H,3-15H2,1-2H3;1H3,(H,3,4). The van der Waals surface area contributed by atoms with Crippen molar-refractivity contribution in [1.82, 2.24) is 4.90 Å². The maximum Gasteiger partial charge on any atom is 0.300 e. The highest BCUT2D eigenvalue weighted by Gasteiger charge is 2.16. The SMILES string of the molecule is CC(=O)O.CCCCCCCCCN1CCC(CC)CC1. The van der Waals surface area contributed by atoms with Gasteiger partial charge in [0.2, 0.25) is 0 Å². The summed E-state index contributed by atoms with van der Waals surface area (Å²) in [7, 11) is 0. The highest BCUT2D eigenvalue weighted by molar-refractivity contribution is 5.62. The van der Waals surface area contributed by atoms with Crippen molar-refractivity contribution in [3.05, 3.63) is 0 Å². The van der Waals surface area contributed by atoms with E-state index in [4.69, 9.17) is 9.90 Å². The fraction of sp³-hybridized carbons (Fsp3) is 0.944. The number of unbranched alkanes of at least 4 members (excludes halogenated alkanes) is 6. The molecule has 0 atom stereocenters. The molecule has 0 aliphatic carbocycles. The number of carboxylic acids is 1. The molecule has 1 saturated heterocycles. The highest BCUT2D eigenvalue weighted by atomic mass is 16.4. The minimum absolute atomic E-state index is 0.833. The maximum absolute atomic E-state index is 9.00. The number of hydrogen-bond donors (Lipinski definition) is 1. The van der Waals surface area contributed by atoms with Gasteiger partial charge >= 0.3 is 0 Å². The highest BCUT2D eigenvalue weighted by Crippen LogP contribution is 2.20. The van der Waals surface area contributed by atoms with E-state index >= 15 is 0 Å². The van der Waals surface area contributed by atoms with Crippen LogP contribution in [-0.4, -0.2) is 35.6 Å². The topological polar surface area (TPSA) is 40.5 Å². The van der Waals surface area contributed by atoms with Crippen LogP contribution in [-0.2, 0) is 4.79 Å². The summed E-state index contributed by atoms with van der Waals surface area (Å²) in [6.45, 7) is 9.82. The van der Waals surface area contributed by atoms with Crippen molar-refractivity contribution in [3.63, 3.8) is 0 Å². The average molecular weight is 299 g/mol. The number of carbonyl (C=O) groups is 1. The monoisotopic (exact) mass is 299 g/mol. The zero-order valence-corrected chi connectivity index (χ0v) is 14.6. The lowest BCUT2D eigenvalue weighted by Crippen LogP contribution is -2.34. The number of rotatable bonds is 9. The molecule has 0 bridgehead atoms. The second-order valence-electron chi connectivity index (χ2n) is 6.33. The van der Waals surface area contributed by atoms with Gasteiger partial charge in [0, 0.05) is 6.92 Å². The van der Waals surface area contributed by atoms with Gasteiger partial charge < -0.3 is 10.0 Å². The number of nitrogens with zero attached hydrogens (tertiary/aromatic N) is 1. The molecule has 0 unspecified atom stereocenters. The van der Waals surface area contributed by atoms with E-state index in [0.29, 0.717) is 0 Å². The van der Waals surface area contributed by atoms with Gasteiger partial charge in [-0.2, -0.15) is 0 Å². The third-order valence-corrected chi connectivity index (χ3v) is 4.36. The van der Waals surface area contributed by atoms with Crippen molar-refractivity contribution in [1.29, 1.82) is 0 Å². The molecule has 1 fully saturated rings. The van der Waals surface area contributed by atoms with Crippen LogP contribution in [0.15, 0.2) is 0 Å². The zero-order valence-electron chi connectivity index (χ0n) is 14.6. The van der Waals surface area contributed by atoms with Gasteiger partial charge in [-0.3, -0.25) is 4.79 Å². The van der Waals surface area contributed by atoms with Crippen LogP contribution in [0.1, 0.15) is 85.0 Å². The Morgan fingerprint density at radius 1 is 1.00 bits per heavy atom. The number of carboxylic acid groups (broad SMARTS) is 1. The summed E-state index contributed by atoms with van der Waals surface area (Å²) in [6.07, 6.45) is 14.4. The molecule has 21 heavy (non-hydrogen) atoms. The Morgan fingerprint density at radius 3 is 1.95 bits per heavy atom. The fourth-order valence-electron chi connectivity index (χ4n) is 2.91. The first kappa shape index (κ1) is 20.4. The van der Waals surface area contributed by atoms with E-state index in [-0.39, 0.29) is 0 Å². The van der Waals surface area contributed by atoms with E-state index < -0.39 is 5.97 Å². The van der Waals surface area contributed by atoms with Crippen LogP contribution in [0.3, 0.4) is 0 Å². The largest absolute Gasteiger partial charge is 0.481 e. The molecule has 0 aromatic rings. The Balaban J connectivity index is 0.000000885. The Labute approximate surface area is 132 Å². The molecule has 0 aromatic carbocycles. The van der Waals surface area contributed by atoms with E-state index in [1.165, 1.54) is 83.8 Å². The normalized spacial score (nSPS) is 16.3. The predicted molar refractivity (Wildman–Crippen MR) is 90.8 cm³/mol. The first-order valence-electron chi connectivity index (χ1n) is 9.02. The van der Waals surface area contributed by atoms with Crippen molar-refractivity contribution in [2.24, 2.45) is 5.92 Å². The third kappa shape index (κ3) is 14.1. The van der Waals surface area contributed by atoms with Gasteiger partial charge in [0.15, 0.2) is 0 Å². The van der Waals surface area contributed by atoms with Gasteiger partial charge in [-0.25, -0.2) is 0 Å². The van der Waals surface area contributed by atoms with Crippen LogP contribution in [0.4, 0.5) is 0 Å². The van der Waals surface area contributed by atoms with Crippen LogP contribution in [0.25, 0.3) is 0 Å². The molecule has 1 aliphatic heterocycles. The van der Waals surface area contributed by atoms with E-state index in [1.54, 1.807) is 0 Å². The zero-order chi connectivity index (χ0) is 15.9. The minimum Gasteiger partial charge on any atom is -0.481 e. The molecule has 3 heteroatoms. The van der Waals surface area contributed by atoms with Crippen molar-refractivity contribution in [2.45, 2.75) is 85.0 Å². The fourth-order valence-corrected chi connectivity index (χ4v) is 2.91. The summed E-state index contributed by atoms with van der Waals surface area (Å²) in [5.41, 5.74) is 0. The second kappa shape index (κ2) is 14.4. The van der Waals surface area contributed by atoms with Crippen molar-refractivity contribution in [2.75, 3.05) is 19.6 Å². The number of piperidine rings is 1. The van der Waals surface area contributed by atoms with Crippen molar-refractivity contribution in [3.8, 4) is 0 Å². The van der Waals surface area contributed by atoms with E-state index in [0.717, 1.165) is 12.8 Å². The molecule has 0 radical (unpaired) electrons. The van der Waals surface area contributed by atoms with Crippen LogP contribution in [0.5, 0.6) is 0 Å². The Morgan fingerprint density at radius 2 is 1.48 bits per heavy atom. The van der Waals surface area contributed by atoms with E-state index in [9.17, 15) is 0 Å². The van der Waals surface area contributed by atoms with Gasteiger partial charge in [0.25, 0.3) is 5.97 Å². The molecule has 3 nitrogen and oxygen atoms in total. The van der Waals surface area contributed by atoms with Crippen LogP contribution in [0, 0.1) is 5.92 Å². The van der Waals surface area contributed by atoms with Gasteiger partial charge in [-0.15, -0.1) is 0 Å². The third-order valence-electron chi connectivity index (χ3n) is 4.36. The Bertz CT molecular complexity index is 231. The second-order valence-corrected chi connectivity index (χ2v) is 6.33. The molecule has 1 aliphatic rings. The summed E-state index contributed by atoms with van der Waals surface area (Å²) < 4.78 is 0. The predicted octanol–water partition coefficient (Wildman–Crippen LogP) is 4.95. The summed E-state index contributed by atoms with van der Waals surface area (Å²) in [5, 5.41) is 7.42. The van der Waals surface area contributed by atoms with Gasteiger partial charge in [0.05, 0.1) is 0 Å². The lowest BCUT2D eigenvalue weighted by Gasteiger charge is -2.31. The molecular formula is C18H37NO2.